The average molecular weight is 490 g/mol. The SMILES string of the molecule is CCc1cc2oc(=O)cc(COC(=O)CNC(=O)c3cc(OC)c(OC)c(OC)c3)c2cc1Cl. The van der Waals surface area contributed by atoms with Crippen molar-refractivity contribution in [1.29, 1.82) is 0 Å². The van der Waals surface area contributed by atoms with Crippen molar-refractivity contribution in [3.05, 3.63) is 62.5 Å². The fraction of sp³-hybridized carbons (Fsp3) is 0.292. The summed E-state index contributed by atoms with van der Waals surface area (Å²) in [6.45, 7) is 1.35. The number of aryl methyl sites for hydroxylation is 1. The molecule has 1 N–H and O–H groups in total. The van der Waals surface area contributed by atoms with Crippen molar-refractivity contribution in [2.45, 2.75) is 20.0 Å². The number of hydrogen-bond acceptors (Lipinski definition) is 8. The van der Waals surface area contributed by atoms with Crippen LogP contribution in [0.5, 0.6) is 17.2 Å². The molecule has 1 amide bonds. The summed E-state index contributed by atoms with van der Waals surface area (Å²) in [5, 5.41) is 3.57. The van der Waals surface area contributed by atoms with Crippen LogP contribution < -0.4 is 25.2 Å². The van der Waals surface area contributed by atoms with E-state index in [4.69, 9.17) is 35.0 Å². The van der Waals surface area contributed by atoms with Crippen LogP contribution in [0.1, 0.15) is 28.4 Å². The molecule has 0 radical (unpaired) electrons. The molecule has 0 bridgehead atoms. The first-order chi connectivity index (χ1) is 16.3. The van der Waals surface area contributed by atoms with Crippen molar-refractivity contribution in [2.75, 3.05) is 27.9 Å². The van der Waals surface area contributed by atoms with Gasteiger partial charge in [0, 0.05) is 27.6 Å². The van der Waals surface area contributed by atoms with Gasteiger partial charge in [-0.25, -0.2) is 4.79 Å². The van der Waals surface area contributed by atoms with Crippen LogP contribution in [0.2, 0.25) is 5.02 Å². The van der Waals surface area contributed by atoms with E-state index in [1.54, 1.807) is 12.1 Å². The molecule has 34 heavy (non-hydrogen) atoms. The first-order valence-corrected chi connectivity index (χ1v) is 10.7. The molecule has 0 unspecified atom stereocenters. The first kappa shape index (κ1) is 24.9. The van der Waals surface area contributed by atoms with Crippen LogP contribution in [-0.4, -0.2) is 39.8 Å². The molecular weight excluding hydrogens is 466 g/mol. The Morgan fingerprint density at radius 1 is 0.971 bits per heavy atom. The topological polar surface area (TPSA) is 113 Å². The number of benzene rings is 2. The Bertz CT molecular complexity index is 1260. The molecule has 9 nitrogen and oxygen atoms in total. The number of esters is 1. The summed E-state index contributed by atoms with van der Waals surface area (Å²) in [4.78, 5) is 36.7. The summed E-state index contributed by atoms with van der Waals surface area (Å²) in [6, 6.07) is 7.54. The molecule has 1 heterocycles. The molecule has 0 spiro atoms. The lowest BCUT2D eigenvalue weighted by Gasteiger charge is -2.14. The molecular formula is C24H24ClNO8. The fourth-order valence-corrected chi connectivity index (χ4v) is 3.65. The van der Waals surface area contributed by atoms with Crippen LogP contribution in [-0.2, 0) is 22.6 Å². The number of hydrogen-bond donors (Lipinski definition) is 1. The molecule has 10 heteroatoms. The summed E-state index contributed by atoms with van der Waals surface area (Å²) in [6.07, 6.45) is 0.670. The predicted octanol–water partition coefficient (Wildman–Crippen LogP) is 3.51. The molecule has 1 aromatic heterocycles. The van der Waals surface area contributed by atoms with Crippen molar-refractivity contribution in [2.24, 2.45) is 0 Å². The highest BCUT2D eigenvalue weighted by Crippen LogP contribution is 2.38. The van der Waals surface area contributed by atoms with Crippen molar-refractivity contribution >= 4 is 34.4 Å². The Kier molecular flexibility index (Phi) is 8.01. The molecule has 0 aliphatic heterocycles. The molecule has 0 fully saturated rings. The van der Waals surface area contributed by atoms with Gasteiger partial charge >= 0.3 is 11.6 Å². The number of methoxy groups -OCH3 is 3. The van der Waals surface area contributed by atoms with Gasteiger partial charge in [0.15, 0.2) is 11.5 Å². The molecule has 0 saturated carbocycles. The Hall–Kier alpha value is -3.72. The number of ether oxygens (including phenoxy) is 4. The third-order valence-corrected chi connectivity index (χ3v) is 5.44. The second-order valence-corrected chi connectivity index (χ2v) is 7.55. The van der Waals surface area contributed by atoms with Gasteiger partial charge in [0.1, 0.15) is 18.7 Å². The maximum Gasteiger partial charge on any atom is 0.336 e. The highest BCUT2D eigenvalue weighted by Gasteiger charge is 2.18. The van der Waals surface area contributed by atoms with Crippen LogP contribution >= 0.6 is 11.6 Å². The van der Waals surface area contributed by atoms with Crippen LogP contribution in [0.25, 0.3) is 11.0 Å². The maximum absolute atomic E-state index is 12.5. The number of halogens is 1. The van der Waals surface area contributed by atoms with Crippen molar-refractivity contribution in [3.8, 4) is 17.2 Å². The summed E-state index contributed by atoms with van der Waals surface area (Å²) >= 11 is 6.28. The number of carbonyl (C=O) groups is 2. The van der Waals surface area contributed by atoms with Crippen LogP contribution in [0.3, 0.4) is 0 Å². The summed E-state index contributed by atoms with van der Waals surface area (Å²) in [7, 11) is 4.31. The van der Waals surface area contributed by atoms with E-state index >= 15 is 0 Å². The summed E-state index contributed by atoms with van der Waals surface area (Å²) in [5.74, 6) is -0.297. The lowest BCUT2D eigenvalue weighted by Crippen LogP contribution is -2.30. The predicted molar refractivity (Wildman–Crippen MR) is 125 cm³/mol. The fourth-order valence-electron chi connectivity index (χ4n) is 3.36. The Morgan fingerprint density at radius 2 is 1.65 bits per heavy atom. The molecule has 0 aliphatic rings. The monoisotopic (exact) mass is 489 g/mol. The number of rotatable bonds is 9. The van der Waals surface area contributed by atoms with E-state index in [9.17, 15) is 14.4 Å². The Morgan fingerprint density at radius 3 is 2.24 bits per heavy atom. The Labute approximate surface area is 200 Å². The lowest BCUT2D eigenvalue weighted by molar-refractivity contribution is -0.143. The highest BCUT2D eigenvalue weighted by atomic mass is 35.5. The minimum atomic E-state index is -0.696. The van der Waals surface area contributed by atoms with E-state index in [1.165, 1.54) is 39.5 Å². The number of nitrogens with one attached hydrogen (secondary N) is 1. The first-order valence-electron chi connectivity index (χ1n) is 10.3. The van der Waals surface area contributed by atoms with Gasteiger partial charge in [0.05, 0.1) is 21.3 Å². The van der Waals surface area contributed by atoms with Crippen LogP contribution in [0.15, 0.2) is 39.5 Å². The van der Waals surface area contributed by atoms with Crippen molar-refractivity contribution in [1.82, 2.24) is 5.32 Å². The van der Waals surface area contributed by atoms with Gasteiger partial charge in [-0.05, 0) is 36.2 Å². The average Bonchev–Trinajstić information content (AvgIpc) is 2.84. The molecule has 2 aromatic carbocycles. The van der Waals surface area contributed by atoms with Crippen molar-refractivity contribution < 1.29 is 33.0 Å². The minimum absolute atomic E-state index is 0.192. The largest absolute Gasteiger partial charge is 0.493 e. The Balaban J connectivity index is 1.68. The molecule has 3 aromatic rings. The summed E-state index contributed by atoms with van der Waals surface area (Å²) in [5.41, 5.74) is 1.27. The standard InChI is InChI=1S/C24H24ClNO8/c1-5-13-6-18-16(10-17(13)25)15(9-21(27)34-18)12-33-22(28)11-26-24(29)14-7-19(30-2)23(32-4)20(8-14)31-3/h6-10H,5,11-12H2,1-4H3,(H,26,29). The highest BCUT2D eigenvalue weighted by molar-refractivity contribution is 6.32. The number of carbonyl (C=O) groups excluding carboxylic acids is 2. The van der Waals surface area contributed by atoms with E-state index < -0.39 is 24.0 Å². The minimum Gasteiger partial charge on any atom is -0.493 e. The zero-order valence-electron chi connectivity index (χ0n) is 19.2. The van der Waals surface area contributed by atoms with Gasteiger partial charge in [-0.3, -0.25) is 9.59 Å². The summed E-state index contributed by atoms with van der Waals surface area (Å²) < 4.78 is 26.2. The number of amides is 1. The third-order valence-electron chi connectivity index (χ3n) is 5.09. The third kappa shape index (κ3) is 5.43. The quantitative estimate of drug-likeness (QED) is 0.359. The van der Waals surface area contributed by atoms with E-state index in [0.717, 1.165) is 5.56 Å². The van der Waals surface area contributed by atoms with E-state index in [2.05, 4.69) is 5.32 Å². The van der Waals surface area contributed by atoms with Gasteiger partial charge < -0.3 is 28.7 Å². The van der Waals surface area contributed by atoms with Gasteiger partial charge in [-0.2, -0.15) is 0 Å². The van der Waals surface area contributed by atoms with Gasteiger partial charge in [0.25, 0.3) is 5.91 Å². The van der Waals surface area contributed by atoms with Crippen LogP contribution in [0.4, 0.5) is 0 Å². The second kappa shape index (κ2) is 10.9. The molecule has 0 atom stereocenters. The molecule has 0 saturated heterocycles. The zero-order chi connectivity index (χ0) is 24.8. The number of fused-ring (bicyclic) bond motifs is 1. The van der Waals surface area contributed by atoms with Crippen LogP contribution in [0, 0.1) is 0 Å². The van der Waals surface area contributed by atoms with Gasteiger partial charge in [-0.1, -0.05) is 18.5 Å². The van der Waals surface area contributed by atoms with E-state index in [0.29, 0.717) is 45.2 Å². The normalized spacial score (nSPS) is 10.6. The zero-order valence-corrected chi connectivity index (χ0v) is 19.9. The van der Waals surface area contributed by atoms with E-state index in [1.807, 2.05) is 6.92 Å². The van der Waals surface area contributed by atoms with Crippen molar-refractivity contribution in [3.63, 3.8) is 0 Å². The smallest absolute Gasteiger partial charge is 0.336 e. The molecule has 0 aliphatic carbocycles. The van der Waals surface area contributed by atoms with E-state index in [-0.39, 0.29) is 12.2 Å². The second-order valence-electron chi connectivity index (χ2n) is 7.14. The van der Waals surface area contributed by atoms with Gasteiger partial charge in [-0.15, -0.1) is 0 Å². The molecule has 3 rings (SSSR count). The molecule has 180 valence electrons. The maximum atomic E-state index is 12.5. The lowest BCUT2D eigenvalue weighted by atomic mass is 10.1. The van der Waals surface area contributed by atoms with Gasteiger partial charge in [0.2, 0.25) is 5.75 Å².